The van der Waals surface area contributed by atoms with E-state index in [0.29, 0.717) is 18.8 Å². The lowest BCUT2D eigenvalue weighted by atomic mass is 10.0. The van der Waals surface area contributed by atoms with Gasteiger partial charge in [0.2, 0.25) is 0 Å². The maximum absolute atomic E-state index is 8.20. The molecule has 0 radical (unpaired) electrons. The van der Waals surface area contributed by atoms with Gasteiger partial charge in [0.1, 0.15) is 0 Å². The Balaban J connectivity index is 3.21. The molecule has 0 aliphatic carbocycles. The van der Waals surface area contributed by atoms with Crippen molar-refractivity contribution in [3.05, 3.63) is 0 Å². The van der Waals surface area contributed by atoms with Gasteiger partial charge in [-0.3, -0.25) is 0 Å². The molecule has 0 aromatic heterocycles. The summed E-state index contributed by atoms with van der Waals surface area (Å²) in [5, 5.41) is 16.4. The first-order valence-electron chi connectivity index (χ1n) is 3.05. The molecule has 0 saturated carbocycles. The molecular formula is C7H10N2. The Kier molecular flexibility index (Phi) is 4.54. The number of hydrogen-bond acceptors (Lipinski definition) is 2. The third-order valence-electron chi connectivity index (χ3n) is 1.19. The van der Waals surface area contributed by atoms with Gasteiger partial charge < -0.3 is 0 Å². The van der Waals surface area contributed by atoms with Crippen molar-refractivity contribution < 1.29 is 0 Å². The van der Waals surface area contributed by atoms with E-state index >= 15 is 0 Å². The molecule has 0 heterocycles. The fourth-order valence-electron chi connectivity index (χ4n) is 0.569. The summed E-state index contributed by atoms with van der Waals surface area (Å²) in [6.45, 7) is 1.99. The van der Waals surface area contributed by atoms with Gasteiger partial charge in [0.15, 0.2) is 0 Å². The SMILES string of the molecule is C[C@@H](CC#N)CCC#N. The zero-order valence-corrected chi connectivity index (χ0v) is 5.59. The average Bonchev–Trinajstić information content (AvgIpc) is 1.85. The van der Waals surface area contributed by atoms with E-state index in [2.05, 4.69) is 6.07 Å². The molecule has 0 spiro atoms. The highest BCUT2D eigenvalue weighted by Crippen LogP contribution is 2.07. The standard InChI is InChI=1S/C7H10N2/c1-7(4-6-9)3-2-5-8/h7H,2-4H2,1H3/t7-/m1/s1. The maximum atomic E-state index is 8.20. The van der Waals surface area contributed by atoms with Crippen LogP contribution in [0, 0.1) is 28.6 Å². The Bertz CT molecular complexity index is 138. The number of nitrogens with zero attached hydrogens (tertiary/aromatic N) is 2. The average molecular weight is 122 g/mol. The van der Waals surface area contributed by atoms with Gasteiger partial charge in [-0.2, -0.15) is 10.5 Å². The molecule has 48 valence electrons. The monoisotopic (exact) mass is 122 g/mol. The van der Waals surface area contributed by atoms with Crippen LogP contribution in [0.3, 0.4) is 0 Å². The van der Waals surface area contributed by atoms with Gasteiger partial charge in [0.05, 0.1) is 12.1 Å². The van der Waals surface area contributed by atoms with Crippen LogP contribution in [0.15, 0.2) is 0 Å². The van der Waals surface area contributed by atoms with Crippen molar-refractivity contribution in [3.8, 4) is 12.1 Å². The summed E-state index contributed by atoms with van der Waals surface area (Å²) in [6, 6.07) is 4.11. The lowest BCUT2D eigenvalue weighted by Crippen LogP contribution is -1.90. The molecule has 2 heteroatoms. The number of hydrogen-bond donors (Lipinski definition) is 0. The molecule has 9 heavy (non-hydrogen) atoms. The van der Waals surface area contributed by atoms with E-state index in [-0.39, 0.29) is 0 Å². The van der Waals surface area contributed by atoms with Gasteiger partial charge in [-0.1, -0.05) is 6.92 Å². The van der Waals surface area contributed by atoms with Gasteiger partial charge in [-0.15, -0.1) is 0 Å². The van der Waals surface area contributed by atoms with Crippen molar-refractivity contribution in [3.63, 3.8) is 0 Å². The minimum atomic E-state index is 0.384. The molecule has 0 N–H and O–H groups in total. The minimum Gasteiger partial charge on any atom is -0.198 e. The lowest BCUT2D eigenvalue weighted by molar-refractivity contribution is 0.554. The molecule has 1 atom stereocenters. The Labute approximate surface area is 55.7 Å². The first kappa shape index (κ1) is 7.98. The Morgan fingerprint density at radius 1 is 1.33 bits per heavy atom. The van der Waals surface area contributed by atoms with Crippen LogP contribution in [0.5, 0.6) is 0 Å². The predicted octanol–water partition coefficient (Wildman–Crippen LogP) is 1.84. The van der Waals surface area contributed by atoms with E-state index in [9.17, 15) is 0 Å². The van der Waals surface area contributed by atoms with Gasteiger partial charge in [0, 0.05) is 12.8 Å². The topological polar surface area (TPSA) is 47.6 Å². The third-order valence-corrected chi connectivity index (χ3v) is 1.19. The molecule has 0 aliphatic heterocycles. The summed E-state index contributed by atoms with van der Waals surface area (Å²) in [5.74, 6) is 0.384. The molecule has 0 rings (SSSR count). The van der Waals surface area contributed by atoms with E-state index in [1.165, 1.54) is 0 Å². The van der Waals surface area contributed by atoms with Crippen LogP contribution in [0.1, 0.15) is 26.2 Å². The highest BCUT2D eigenvalue weighted by molar-refractivity contribution is 4.77. The number of nitriles is 2. The second kappa shape index (κ2) is 5.12. The highest BCUT2D eigenvalue weighted by atomic mass is 14.2. The normalized spacial score (nSPS) is 11.4. The van der Waals surface area contributed by atoms with Crippen LogP contribution in [0.4, 0.5) is 0 Å². The molecule has 0 aliphatic rings. The second-order valence-electron chi connectivity index (χ2n) is 2.16. The predicted molar refractivity (Wildman–Crippen MR) is 34.2 cm³/mol. The number of rotatable bonds is 3. The zero-order valence-electron chi connectivity index (χ0n) is 5.59. The van der Waals surface area contributed by atoms with Crippen molar-refractivity contribution >= 4 is 0 Å². The van der Waals surface area contributed by atoms with Crippen LogP contribution >= 0.6 is 0 Å². The van der Waals surface area contributed by atoms with E-state index < -0.39 is 0 Å². The zero-order chi connectivity index (χ0) is 7.11. The van der Waals surface area contributed by atoms with E-state index in [1.807, 2.05) is 13.0 Å². The molecule has 0 unspecified atom stereocenters. The van der Waals surface area contributed by atoms with Crippen molar-refractivity contribution in [2.75, 3.05) is 0 Å². The van der Waals surface area contributed by atoms with E-state index in [0.717, 1.165) is 6.42 Å². The van der Waals surface area contributed by atoms with Crippen molar-refractivity contribution in [1.82, 2.24) is 0 Å². The highest BCUT2D eigenvalue weighted by Gasteiger charge is 1.98. The van der Waals surface area contributed by atoms with Crippen LogP contribution in [-0.4, -0.2) is 0 Å². The Morgan fingerprint density at radius 2 is 2.00 bits per heavy atom. The smallest absolute Gasteiger partial charge is 0.0624 e. The summed E-state index contributed by atoms with van der Waals surface area (Å²) < 4.78 is 0. The Morgan fingerprint density at radius 3 is 2.44 bits per heavy atom. The summed E-state index contributed by atoms with van der Waals surface area (Å²) >= 11 is 0. The van der Waals surface area contributed by atoms with E-state index in [4.69, 9.17) is 10.5 Å². The second-order valence-corrected chi connectivity index (χ2v) is 2.16. The fraction of sp³-hybridized carbons (Fsp3) is 0.714. The van der Waals surface area contributed by atoms with Crippen LogP contribution < -0.4 is 0 Å². The first-order chi connectivity index (χ1) is 4.31. The van der Waals surface area contributed by atoms with Gasteiger partial charge >= 0.3 is 0 Å². The summed E-state index contributed by atoms with van der Waals surface area (Å²) in [6.07, 6.45) is 1.99. The molecule has 0 amide bonds. The molecule has 0 aromatic carbocycles. The van der Waals surface area contributed by atoms with Crippen molar-refractivity contribution in [1.29, 1.82) is 10.5 Å². The molecule has 0 fully saturated rings. The largest absolute Gasteiger partial charge is 0.198 e. The quantitative estimate of drug-likeness (QED) is 0.573. The molecule has 2 nitrogen and oxygen atoms in total. The summed E-state index contributed by atoms with van der Waals surface area (Å²) in [7, 11) is 0. The lowest BCUT2D eigenvalue weighted by Gasteiger charge is -1.99. The van der Waals surface area contributed by atoms with Gasteiger partial charge in [0.25, 0.3) is 0 Å². The maximum Gasteiger partial charge on any atom is 0.0624 e. The first-order valence-corrected chi connectivity index (χ1v) is 3.05. The third kappa shape index (κ3) is 4.84. The Hall–Kier alpha value is -1.02. The van der Waals surface area contributed by atoms with Crippen LogP contribution in [0.2, 0.25) is 0 Å². The van der Waals surface area contributed by atoms with E-state index in [1.54, 1.807) is 0 Å². The molecular weight excluding hydrogens is 112 g/mol. The van der Waals surface area contributed by atoms with Crippen LogP contribution in [-0.2, 0) is 0 Å². The van der Waals surface area contributed by atoms with Crippen molar-refractivity contribution in [2.45, 2.75) is 26.2 Å². The van der Waals surface area contributed by atoms with Crippen LogP contribution in [0.25, 0.3) is 0 Å². The summed E-state index contributed by atoms with van der Waals surface area (Å²) in [4.78, 5) is 0. The molecule has 0 saturated heterocycles. The molecule has 0 aromatic rings. The molecule has 0 bridgehead atoms. The fourth-order valence-corrected chi connectivity index (χ4v) is 0.569. The van der Waals surface area contributed by atoms with Crippen molar-refractivity contribution in [2.24, 2.45) is 5.92 Å². The van der Waals surface area contributed by atoms with Gasteiger partial charge in [-0.05, 0) is 12.3 Å². The minimum absolute atomic E-state index is 0.384. The van der Waals surface area contributed by atoms with Gasteiger partial charge in [-0.25, -0.2) is 0 Å². The summed E-state index contributed by atoms with van der Waals surface area (Å²) in [5.41, 5.74) is 0.